The highest BCUT2D eigenvalue weighted by Gasteiger charge is 2.13. The molecule has 8 heteroatoms. The maximum Gasteiger partial charge on any atom is 0.249 e. The van der Waals surface area contributed by atoms with Gasteiger partial charge in [0.1, 0.15) is 13.0 Å². The van der Waals surface area contributed by atoms with Crippen molar-refractivity contribution in [2.75, 3.05) is 11.9 Å². The van der Waals surface area contributed by atoms with E-state index in [1.165, 1.54) is 11.8 Å². The minimum atomic E-state index is -0.520. The Bertz CT molecular complexity index is 1190. The molecule has 7 nitrogen and oxygen atoms in total. The molecule has 3 rings (SSSR count). The minimum absolute atomic E-state index is 0.342. The molecule has 0 saturated carbocycles. The fourth-order valence-corrected chi connectivity index (χ4v) is 3.69. The van der Waals surface area contributed by atoms with Gasteiger partial charge in [0.05, 0.1) is 17.3 Å². The first-order chi connectivity index (χ1) is 16.8. The van der Waals surface area contributed by atoms with Gasteiger partial charge in [0.2, 0.25) is 11.8 Å². The van der Waals surface area contributed by atoms with Crippen molar-refractivity contribution in [2.24, 2.45) is 5.10 Å². The number of nitrogens with one attached hydrogen (secondary N) is 2. The van der Waals surface area contributed by atoms with Crippen LogP contribution in [0.4, 0.5) is 5.69 Å². The van der Waals surface area contributed by atoms with Crippen LogP contribution in [-0.4, -0.2) is 24.6 Å². The molecule has 0 bridgehead atoms. The van der Waals surface area contributed by atoms with Gasteiger partial charge in [-0.15, -0.1) is 0 Å². The summed E-state index contributed by atoms with van der Waals surface area (Å²) < 4.78 is 12.5. The van der Waals surface area contributed by atoms with Gasteiger partial charge in [-0.1, -0.05) is 47.5 Å². The molecule has 0 atom stereocenters. The lowest BCUT2D eigenvalue weighted by Crippen LogP contribution is -2.24. The number of benzene rings is 3. The van der Waals surface area contributed by atoms with E-state index < -0.39 is 11.8 Å². The molecule has 0 aliphatic rings. The second-order valence-corrected chi connectivity index (χ2v) is 8.78. The van der Waals surface area contributed by atoms with Crippen molar-refractivity contribution in [2.45, 2.75) is 33.8 Å². The van der Waals surface area contributed by atoms with E-state index in [4.69, 9.17) is 9.47 Å². The number of rotatable bonds is 10. The van der Waals surface area contributed by atoms with Crippen molar-refractivity contribution in [3.05, 3.63) is 87.4 Å². The molecular weight excluding hydrogens is 510 g/mol. The van der Waals surface area contributed by atoms with E-state index in [1.54, 1.807) is 18.2 Å². The molecule has 0 aliphatic heterocycles. The van der Waals surface area contributed by atoms with Gasteiger partial charge in [-0.3, -0.25) is 9.59 Å². The molecular formula is C27H28BrN3O4. The van der Waals surface area contributed by atoms with Crippen LogP contribution in [0.2, 0.25) is 0 Å². The van der Waals surface area contributed by atoms with Gasteiger partial charge in [-0.2, -0.15) is 5.10 Å². The Labute approximate surface area is 213 Å². The van der Waals surface area contributed by atoms with Gasteiger partial charge >= 0.3 is 0 Å². The Morgan fingerprint density at radius 2 is 1.60 bits per heavy atom. The number of halogens is 1. The molecule has 0 unspecified atom stereocenters. The SMILES string of the molecule is CCOc1cc(C=NNC(=O)CC(=O)Nc2ccc(C)cc2)cc(Br)c1OCc1ccc(C)cc1. The first kappa shape index (κ1) is 26.0. The van der Waals surface area contributed by atoms with E-state index in [0.29, 0.717) is 40.4 Å². The standard InChI is InChI=1S/C27H28BrN3O4/c1-4-34-24-14-21(13-23(28)27(24)35-17-20-9-5-18(2)6-10-20)16-29-31-26(33)15-25(32)30-22-11-7-19(3)8-12-22/h5-14,16H,4,15,17H2,1-3H3,(H,30,32)(H,31,33). The summed E-state index contributed by atoms with van der Waals surface area (Å²) >= 11 is 3.54. The number of amides is 2. The topological polar surface area (TPSA) is 89.0 Å². The molecule has 0 spiro atoms. The fraction of sp³-hybridized carbons (Fsp3) is 0.222. The number of hydrogen-bond donors (Lipinski definition) is 2. The highest BCUT2D eigenvalue weighted by Crippen LogP contribution is 2.37. The van der Waals surface area contributed by atoms with E-state index in [2.05, 4.69) is 31.8 Å². The molecule has 3 aromatic rings. The summed E-state index contributed by atoms with van der Waals surface area (Å²) in [7, 11) is 0. The van der Waals surface area contributed by atoms with Gasteiger partial charge in [0.25, 0.3) is 0 Å². The molecule has 0 heterocycles. The summed E-state index contributed by atoms with van der Waals surface area (Å²) in [5.74, 6) is 0.201. The number of carbonyl (C=O) groups is 2. The molecule has 2 N–H and O–H groups in total. The van der Waals surface area contributed by atoms with Crippen LogP contribution in [0.1, 0.15) is 35.6 Å². The smallest absolute Gasteiger partial charge is 0.249 e. The predicted molar refractivity (Wildman–Crippen MR) is 141 cm³/mol. The van der Waals surface area contributed by atoms with E-state index in [0.717, 1.165) is 11.1 Å². The van der Waals surface area contributed by atoms with Gasteiger partial charge < -0.3 is 14.8 Å². The van der Waals surface area contributed by atoms with Crippen LogP contribution in [0.15, 0.2) is 70.2 Å². The molecule has 0 radical (unpaired) electrons. The third-order valence-corrected chi connectivity index (χ3v) is 5.48. The Hall–Kier alpha value is -3.65. The summed E-state index contributed by atoms with van der Waals surface area (Å²) in [5.41, 5.74) is 7.01. The zero-order valence-corrected chi connectivity index (χ0v) is 21.5. The largest absolute Gasteiger partial charge is 0.490 e. The Balaban J connectivity index is 1.58. The average Bonchev–Trinajstić information content (AvgIpc) is 2.81. The van der Waals surface area contributed by atoms with Gasteiger partial charge in [-0.25, -0.2) is 5.43 Å². The maximum absolute atomic E-state index is 12.1. The van der Waals surface area contributed by atoms with Crippen LogP contribution in [0.5, 0.6) is 11.5 Å². The second kappa shape index (κ2) is 12.7. The molecule has 2 amide bonds. The van der Waals surface area contributed by atoms with Crippen molar-refractivity contribution in [3.8, 4) is 11.5 Å². The third kappa shape index (κ3) is 8.26. The molecule has 3 aromatic carbocycles. The van der Waals surface area contributed by atoms with Crippen molar-refractivity contribution in [1.29, 1.82) is 0 Å². The predicted octanol–water partition coefficient (Wildman–Crippen LogP) is 5.52. The van der Waals surface area contributed by atoms with Crippen LogP contribution in [-0.2, 0) is 16.2 Å². The van der Waals surface area contributed by atoms with Crippen LogP contribution in [0.3, 0.4) is 0 Å². The zero-order valence-electron chi connectivity index (χ0n) is 19.9. The number of hydrogen-bond acceptors (Lipinski definition) is 5. The number of aryl methyl sites for hydroxylation is 2. The number of nitrogens with zero attached hydrogens (tertiary/aromatic N) is 1. The van der Waals surface area contributed by atoms with Crippen LogP contribution < -0.4 is 20.2 Å². The van der Waals surface area contributed by atoms with Crippen LogP contribution in [0.25, 0.3) is 0 Å². The minimum Gasteiger partial charge on any atom is -0.490 e. The lowest BCUT2D eigenvalue weighted by Gasteiger charge is -2.15. The lowest BCUT2D eigenvalue weighted by molar-refractivity contribution is -0.126. The van der Waals surface area contributed by atoms with E-state index in [-0.39, 0.29) is 6.42 Å². The lowest BCUT2D eigenvalue weighted by atomic mass is 10.2. The quantitative estimate of drug-likeness (QED) is 0.202. The monoisotopic (exact) mass is 537 g/mol. The Kier molecular flexibility index (Phi) is 9.43. The normalized spacial score (nSPS) is 10.7. The van der Waals surface area contributed by atoms with Crippen LogP contribution >= 0.6 is 15.9 Å². The number of ether oxygens (including phenoxy) is 2. The number of carbonyl (C=O) groups excluding carboxylic acids is 2. The van der Waals surface area contributed by atoms with Crippen molar-refractivity contribution in [3.63, 3.8) is 0 Å². The summed E-state index contributed by atoms with van der Waals surface area (Å²) in [6.45, 7) is 6.74. The fourth-order valence-electron chi connectivity index (χ4n) is 3.11. The first-order valence-corrected chi connectivity index (χ1v) is 12.0. The molecule has 35 heavy (non-hydrogen) atoms. The summed E-state index contributed by atoms with van der Waals surface area (Å²) in [4.78, 5) is 24.1. The zero-order chi connectivity index (χ0) is 25.2. The van der Waals surface area contributed by atoms with Crippen molar-refractivity contribution in [1.82, 2.24) is 5.43 Å². The molecule has 0 saturated heterocycles. The maximum atomic E-state index is 12.1. The molecule has 0 aromatic heterocycles. The Morgan fingerprint density at radius 1 is 0.943 bits per heavy atom. The van der Waals surface area contributed by atoms with Gasteiger partial charge in [0.15, 0.2) is 11.5 Å². The van der Waals surface area contributed by atoms with Crippen molar-refractivity contribution >= 4 is 39.6 Å². The van der Waals surface area contributed by atoms with Gasteiger partial charge in [0, 0.05) is 5.69 Å². The average molecular weight is 538 g/mol. The second-order valence-electron chi connectivity index (χ2n) is 7.92. The van der Waals surface area contributed by atoms with E-state index in [9.17, 15) is 9.59 Å². The first-order valence-electron chi connectivity index (χ1n) is 11.2. The van der Waals surface area contributed by atoms with E-state index in [1.807, 2.05) is 63.2 Å². The van der Waals surface area contributed by atoms with Gasteiger partial charge in [-0.05, 0) is 72.1 Å². The number of anilines is 1. The highest BCUT2D eigenvalue weighted by atomic mass is 79.9. The summed E-state index contributed by atoms with van der Waals surface area (Å²) in [6, 6.07) is 19.0. The molecule has 182 valence electrons. The van der Waals surface area contributed by atoms with Crippen LogP contribution in [0, 0.1) is 13.8 Å². The molecule has 0 aliphatic carbocycles. The van der Waals surface area contributed by atoms with E-state index >= 15 is 0 Å². The number of hydrazone groups is 1. The third-order valence-electron chi connectivity index (χ3n) is 4.89. The highest BCUT2D eigenvalue weighted by molar-refractivity contribution is 9.10. The Morgan fingerprint density at radius 3 is 2.26 bits per heavy atom. The summed E-state index contributed by atoms with van der Waals surface area (Å²) in [5, 5.41) is 6.65. The molecule has 0 fully saturated rings. The van der Waals surface area contributed by atoms with Crippen molar-refractivity contribution < 1.29 is 19.1 Å². The summed E-state index contributed by atoms with van der Waals surface area (Å²) in [6.07, 6.45) is 1.14.